The summed E-state index contributed by atoms with van der Waals surface area (Å²) in [5.41, 5.74) is 5.46. The molecule has 0 atom stereocenters. The quantitative estimate of drug-likeness (QED) is 0.852. The van der Waals surface area contributed by atoms with Crippen LogP contribution in [0.4, 0.5) is 0 Å². The van der Waals surface area contributed by atoms with Gasteiger partial charge in [0.05, 0.1) is 17.3 Å². The predicted octanol–water partition coefficient (Wildman–Crippen LogP) is 3.08. The van der Waals surface area contributed by atoms with Crippen LogP contribution in [0.3, 0.4) is 0 Å². The van der Waals surface area contributed by atoms with E-state index in [0.29, 0.717) is 17.3 Å². The van der Waals surface area contributed by atoms with Crippen LogP contribution in [0, 0.1) is 0 Å². The second-order valence-electron chi connectivity index (χ2n) is 3.15. The van der Waals surface area contributed by atoms with Crippen LogP contribution in [-0.2, 0) is 12.3 Å². The Labute approximate surface area is 103 Å². The van der Waals surface area contributed by atoms with Crippen molar-refractivity contribution in [2.75, 3.05) is 0 Å². The maximum absolute atomic E-state index is 5.99. The number of halogens is 1. The average molecular weight is 255 g/mol. The number of thioether (sulfide) groups is 1. The standard InChI is InChI=1S/C11H11ClN2OS/c12-10-2-1-5-14-11(10)16-7-9-4-3-8(6-13)15-9/h1-5H,6-7,13H2. The number of hydrogen-bond acceptors (Lipinski definition) is 4. The third kappa shape index (κ3) is 2.78. The van der Waals surface area contributed by atoms with Gasteiger partial charge in [-0.05, 0) is 24.3 Å². The lowest BCUT2D eigenvalue weighted by Gasteiger charge is -2.00. The summed E-state index contributed by atoms with van der Waals surface area (Å²) in [4.78, 5) is 4.18. The Morgan fingerprint density at radius 2 is 2.12 bits per heavy atom. The van der Waals surface area contributed by atoms with Gasteiger partial charge in [0.1, 0.15) is 16.5 Å². The Hall–Kier alpha value is -0.970. The molecule has 0 amide bonds. The summed E-state index contributed by atoms with van der Waals surface area (Å²) in [6.07, 6.45) is 1.72. The van der Waals surface area contributed by atoms with Gasteiger partial charge in [-0.1, -0.05) is 23.4 Å². The van der Waals surface area contributed by atoms with Crippen LogP contribution in [0.2, 0.25) is 5.02 Å². The maximum atomic E-state index is 5.99. The molecule has 0 saturated carbocycles. The van der Waals surface area contributed by atoms with Crippen molar-refractivity contribution in [2.45, 2.75) is 17.3 Å². The van der Waals surface area contributed by atoms with E-state index in [-0.39, 0.29) is 0 Å². The molecule has 0 saturated heterocycles. The lowest BCUT2D eigenvalue weighted by molar-refractivity contribution is 0.482. The molecule has 2 rings (SSSR count). The molecule has 2 aromatic rings. The largest absolute Gasteiger partial charge is 0.464 e. The number of furan rings is 1. The molecule has 2 N–H and O–H groups in total. The van der Waals surface area contributed by atoms with Gasteiger partial charge in [0.15, 0.2) is 0 Å². The Kier molecular flexibility index (Phi) is 3.88. The third-order valence-corrected chi connectivity index (χ3v) is 3.44. The Bertz CT molecular complexity index is 473. The molecule has 0 radical (unpaired) electrons. The first-order valence-electron chi connectivity index (χ1n) is 4.80. The Morgan fingerprint density at radius 3 is 2.81 bits per heavy atom. The molecule has 84 valence electrons. The second kappa shape index (κ2) is 5.39. The molecule has 3 nitrogen and oxygen atoms in total. The van der Waals surface area contributed by atoms with Crippen LogP contribution in [0.15, 0.2) is 39.9 Å². The van der Waals surface area contributed by atoms with Gasteiger partial charge < -0.3 is 10.2 Å². The highest BCUT2D eigenvalue weighted by molar-refractivity contribution is 7.98. The zero-order valence-corrected chi connectivity index (χ0v) is 10.1. The molecule has 0 bridgehead atoms. The molecule has 0 aliphatic heterocycles. The van der Waals surface area contributed by atoms with E-state index in [1.165, 1.54) is 0 Å². The van der Waals surface area contributed by atoms with Crippen molar-refractivity contribution in [1.82, 2.24) is 4.98 Å². The molecular formula is C11H11ClN2OS. The van der Waals surface area contributed by atoms with Crippen molar-refractivity contribution in [3.05, 3.63) is 47.0 Å². The first-order valence-corrected chi connectivity index (χ1v) is 6.17. The first-order chi connectivity index (χ1) is 7.79. The van der Waals surface area contributed by atoms with Gasteiger partial charge in [0, 0.05) is 6.20 Å². The molecule has 5 heteroatoms. The van der Waals surface area contributed by atoms with Crippen LogP contribution < -0.4 is 5.73 Å². The van der Waals surface area contributed by atoms with Crippen LogP contribution in [0.5, 0.6) is 0 Å². The minimum atomic E-state index is 0.426. The number of hydrogen-bond donors (Lipinski definition) is 1. The fourth-order valence-electron chi connectivity index (χ4n) is 1.23. The molecule has 0 aliphatic rings. The van der Waals surface area contributed by atoms with Crippen LogP contribution in [0.1, 0.15) is 11.5 Å². The normalized spacial score (nSPS) is 10.6. The van der Waals surface area contributed by atoms with Gasteiger partial charge in [0.25, 0.3) is 0 Å². The summed E-state index contributed by atoms with van der Waals surface area (Å²) in [5.74, 6) is 2.38. The maximum Gasteiger partial charge on any atom is 0.117 e. The van der Waals surface area contributed by atoms with Gasteiger partial charge >= 0.3 is 0 Å². The average Bonchev–Trinajstić information content (AvgIpc) is 2.76. The van der Waals surface area contributed by atoms with E-state index in [1.807, 2.05) is 24.3 Å². The summed E-state index contributed by atoms with van der Waals surface area (Å²) >= 11 is 7.54. The van der Waals surface area contributed by atoms with E-state index < -0.39 is 0 Å². The van der Waals surface area contributed by atoms with E-state index in [2.05, 4.69) is 4.98 Å². The van der Waals surface area contributed by atoms with Crippen LogP contribution in [0.25, 0.3) is 0 Å². The number of nitrogens with zero attached hydrogens (tertiary/aromatic N) is 1. The zero-order chi connectivity index (χ0) is 11.4. The minimum absolute atomic E-state index is 0.426. The molecular weight excluding hydrogens is 244 g/mol. The molecule has 0 unspecified atom stereocenters. The molecule has 2 heterocycles. The monoisotopic (exact) mass is 254 g/mol. The zero-order valence-electron chi connectivity index (χ0n) is 8.52. The third-order valence-electron chi connectivity index (χ3n) is 1.99. The highest BCUT2D eigenvalue weighted by Gasteiger charge is 2.05. The van der Waals surface area contributed by atoms with Gasteiger partial charge in [-0.15, -0.1) is 0 Å². The van der Waals surface area contributed by atoms with Crippen molar-refractivity contribution in [2.24, 2.45) is 5.73 Å². The SMILES string of the molecule is NCc1ccc(CSc2ncccc2Cl)o1. The molecule has 0 aromatic carbocycles. The van der Waals surface area contributed by atoms with E-state index in [9.17, 15) is 0 Å². The highest BCUT2D eigenvalue weighted by Crippen LogP contribution is 2.27. The Balaban J connectivity index is 1.99. The summed E-state index contributed by atoms with van der Waals surface area (Å²) in [6.45, 7) is 0.426. The van der Waals surface area contributed by atoms with Crippen molar-refractivity contribution in [1.29, 1.82) is 0 Å². The molecule has 16 heavy (non-hydrogen) atoms. The number of nitrogens with two attached hydrogens (primary N) is 1. The van der Waals surface area contributed by atoms with Gasteiger partial charge in [0.2, 0.25) is 0 Å². The summed E-state index contributed by atoms with van der Waals surface area (Å²) in [7, 11) is 0. The van der Waals surface area contributed by atoms with E-state index in [0.717, 1.165) is 16.5 Å². The first kappa shape index (κ1) is 11.5. The van der Waals surface area contributed by atoms with Gasteiger partial charge in [-0.3, -0.25) is 0 Å². The van der Waals surface area contributed by atoms with Gasteiger partial charge in [-0.2, -0.15) is 0 Å². The highest BCUT2D eigenvalue weighted by atomic mass is 35.5. The fraction of sp³-hybridized carbons (Fsp3) is 0.182. The van der Waals surface area contributed by atoms with E-state index in [4.69, 9.17) is 21.8 Å². The molecule has 0 fully saturated rings. The van der Waals surface area contributed by atoms with Crippen molar-refractivity contribution < 1.29 is 4.42 Å². The number of aromatic nitrogens is 1. The van der Waals surface area contributed by atoms with Gasteiger partial charge in [-0.25, -0.2) is 4.98 Å². The smallest absolute Gasteiger partial charge is 0.117 e. The van der Waals surface area contributed by atoms with Crippen molar-refractivity contribution in [3.63, 3.8) is 0 Å². The minimum Gasteiger partial charge on any atom is -0.464 e. The number of rotatable bonds is 4. The van der Waals surface area contributed by atoms with Crippen LogP contribution >= 0.6 is 23.4 Å². The topological polar surface area (TPSA) is 52.0 Å². The lowest BCUT2D eigenvalue weighted by atomic mass is 10.4. The molecule has 0 spiro atoms. The Morgan fingerprint density at radius 1 is 1.31 bits per heavy atom. The summed E-state index contributed by atoms with van der Waals surface area (Å²) in [6, 6.07) is 7.44. The summed E-state index contributed by atoms with van der Waals surface area (Å²) < 4.78 is 5.48. The second-order valence-corrected chi connectivity index (χ2v) is 4.52. The fourth-order valence-corrected chi connectivity index (χ4v) is 2.29. The predicted molar refractivity (Wildman–Crippen MR) is 65.4 cm³/mol. The van der Waals surface area contributed by atoms with Crippen molar-refractivity contribution >= 4 is 23.4 Å². The molecule has 0 aliphatic carbocycles. The lowest BCUT2D eigenvalue weighted by Crippen LogP contribution is -1.92. The summed E-state index contributed by atoms with van der Waals surface area (Å²) in [5, 5.41) is 1.48. The van der Waals surface area contributed by atoms with E-state index >= 15 is 0 Å². The van der Waals surface area contributed by atoms with Crippen LogP contribution in [-0.4, -0.2) is 4.98 Å². The molecule has 2 aromatic heterocycles. The van der Waals surface area contributed by atoms with Crippen molar-refractivity contribution in [3.8, 4) is 0 Å². The number of pyridine rings is 1. The van der Waals surface area contributed by atoms with E-state index in [1.54, 1.807) is 18.0 Å².